The minimum Gasteiger partial charge on any atom is -0.497 e. The summed E-state index contributed by atoms with van der Waals surface area (Å²) in [6.45, 7) is 1.66. The van der Waals surface area contributed by atoms with E-state index in [1.54, 1.807) is 38.1 Å². The summed E-state index contributed by atoms with van der Waals surface area (Å²) in [7, 11) is 2.94. The molecule has 20 heteroatoms. The van der Waals surface area contributed by atoms with E-state index in [0.29, 0.717) is 45.3 Å². The predicted molar refractivity (Wildman–Crippen MR) is 162 cm³/mol. The number of esters is 2. The molecule has 3 aromatic rings. The van der Waals surface area contributed by atoms with E-state index in [4.69, 9.17) is 29.4 Å². The minimum absolute atomic E-state index is 0. The smallest absolute Gasteiger partial charge is 0.323 e. The van der Waals surface area contributed by atoms with Crippen LogP contribution in [0, 0.1) is 34.1 Å². The first-order valence-corrected chi connectivity index (χ1v) is 13.4. The van der Waals surface area contributed by atoms with Crippen molar-refractivity contribution >= 4 is 35.2 Å². The van der Waals surface area contributed by atoms with Gasteiger partial charge in [0.1, 0.15) is 60.9 Å². The summed E-state index contributed by atoms with van der Waals surface area (Å²) < 4.78 is 26.2. The number of nitrogens with one attached hydrogen (secondary N) is 1. The molecule has 256 valence electrons. The Morgan fingerprint density at radius 3 is 2.26 bits per heavy atom. The van der Waals surface area contributed by atoms with Gasteiger partial charge in [0, 0.05) is 17.7 Å². The monoisotopic (exact) mass is 685 g/mol. The fourth-order valence-corrected chi connectivity index (χ4v) is 4.22. The Hall–Kier alpha value is -5.43. The van der Waals surface area contributed by atoms with Gasteiger partial charge in [-0.2, -0.15) is 0 Å². The van der Waals surface area contributed by atoms with Gasteiger partial charge in [-0.1, -0.05) is 0 Å². The van der Waals surface area contributed by atoms with E-state index in [1.807, 2.05) is 0 Å². The predicted octanol–water partition coefficient (Wildman–Crippen LogP) is 1.61. The summed E-state index contributed by atoms with van der Waals surface area (Å²) in [4.78, 5) is 73.3. The molecule has 1 heterocycles. The molecule has 0 radical (unpaired) electrons. The second-order valence-electron chi connectivity index (χ2n) is 9.56. The maximum Gasteiger partial charge on any atom is 0.323 e. The molecule has 0 aliphatic rings. The van der Waals surface area contributed by atoms with Crippen molar-refractivity contribution in [2.24, 2.45) is 5.73 Å². The molecule has 0 fully saturated rings. The van der Waals surface area contributed by atoms with Crippen molar-refractivity contribution in [2.45, 2.75) is 32.4 Å². The number of aromatic amines is 1. The summed E-state index contributed by atoms with van der Waals surface area (Å²) in [5.74, 6) is -0.350. The van der Waals surface area contributed by atoms with Crippen LogP contribution >= 0.6 is 12.4 Å². The molecule has 3 rings (SSSR count). The molecule has 0 spiro atoms. The number of benzene rings is 2. The van der Waals surface area contributed by atoms with Crippen LogP contribution in [0.1, 0.15) is 17.5 Å². The van der Waals surface area contributed by atoms with Gasteiger partial charge in [0.2, 0.25) is 0 Å². The number of carbonyl (C=O) groups is 2. The first kappa shape index (κ1) is 37.8. The topological polar surface area (TPSA) is 257 Å². The number of ether oxygens (including phenoxy) is 5. The lowest BCUT2D eigenvalue weighted by atomic mass is 10.0. The van der Waals surface area contributed by atoms with Crippen LogP contribution in [0.4, 0.5) is 0 Å². The lowest BCUT2D eigenvalue weighted by Gasteiger charge is -2.16. The average molecular weight is 686 g/mol. The number of methoxy groups -OCH3 is 2. The van der Waals surface area contributed by atoms with E-state index in [2.05, 4.69) is 19.6 Å². The van der Waals surface area contributed by atoms with Gasteiger partial charge in [-0.15, -0.1) is 32.6 Å². The Balaban J connectivity index is 0.00000768. The molecular weight excluding hydrogens is 654 g/mol. The van der Waals surface area contributed by atoms with Crippen LogP contribution in [0.5, 0.6) is 17.2 Å². The van der Waals surface area contributed by atoms with Gasteiger partial charge >= 0.3 is 11.9 Å². The summed E-state index contributed by atoms with van der Waals surface area (Å²) in [6, 6.07) is 5.27. The Morgan fingerprint density at radius 1 is 0.979 bits per heavy atom. The molecule has 2 unspecified atom stereocenters. The van der Waals surface area contributed by atoms with Gasteiger partial charge in [-0.3, -0.25) is 14.4 Å². The highest BCUT2D eigenvalue weighted by Gasteiger charge is 2.24. The molecule has 0 aliphatic carbocycles. The van der Waals surface area contributed by atoms with E-state index in [1.165, 1.54) is 14.2 Å². The molecule has 0 saturated carbocycles. The quantitative estimate of drug-likeness (QED) is 0.0885. The van der Waals surface area contributed by atoms with Gasteiger partial charge in [-0.05, 0) is 37.1 Å². The molecule has 0 saturated heterocycles. The molecule has 0 bridgehead atoms. The average Bonchev–Trinajstić information content (AvgIpc) is 3.00. The van der Waals surface area contributed by atoms with E-state index in [9.17, 15) is 34.6 Å². The van der Waals surface area contributed by atoms with Gasteiger partial charge in [-0.25, -0.2) is 4.98 Å². The number of H-pyrrole nitrogens is 1. The molecule has 0 aliphatic heterocycles. The van der Waals surface area contributed by atoms with E-state index >= 15 is 0 Å². The third kappa shape index (κ3) is 10.6. The number of aromatic nitrogens is 2. The Kier molecular flexibility index (Phi) is 13.9. The zero-order valence-corrected chi connectivity index (χ0v) is 26.4. The zero-order valence-electron chi connectivity index (χ0n) is 25.5. The Bertz CT molecular complexity index is 1640. The van der Waals surface area contributed by atoms with Crippen molar-refractivity contribution < 1.29 is 53.1 Å². The van der Waals surface area contributed by atoms with E-state index in [-0.39, 0.29) is 36.6 Å². The molecule has 2 aromatic carbocycles. The normalized spacial score (nSPS) is 11.8. The highest BCUT2D eigenvalue weighted by molar-refractivity contribution is 5.87. The summed E-state index contributed by atoms with van der Waals surface area (Å²) in [5.41, 5.74) is 7.67. The standard InChI is InChI=1S/C27H31N5O14.ClH/c1-14-7-16(25-29-20-9-17(40-3)10-21(41-4)23(20)26(34)30-25)8-15(2)24(14)43-6-5-42-22(33)11-19(28)27(35)44-12-18(46-32(38)39)13-45-31(36)37;/h7-10,18-19H,5-6,11-13,28H2,1-4H3,(H,29,30,34);1H. The number of halogens is 1. The van der Waals surface area contributed by atoms with Crippen molar-refractivity contribution in [1.29, 1.82) is 0 Å². The summed E-state index contributed by atoms with van der Waals surface area (Å²) in [6.07, 6.45) is -2.19. The zero-order chi connectivity index (χ0) is 34.0. The van der Waals surface area contributed by atoms with Crippen molar-refractivity contribution in [3.8, 4) is 28.6 Å². The van der Waals surface area contributed by atoms with Gasteiger partial charge in [0.05, 0.1) is 26.2 Å². The Morgan fingerprint density at radius 2 is 1.66 bits per heavy atom. The second-order valence-corrected chi connectivity index (χ2v) is 9.56. The molecule has 47 heavy (non-hydrogen) atoms. The fourth-order valence-electron chi connectivity index (χ4n) is 4.22. The largest absolute Gasteiger partial charge is 0.497 e. The maximum absolute atomic E-state index is 12.9. The first-order valence-electron chi connectivity index (χ1n) is 13.4. The number of hydrogen-bond acceptors (Lipinski definition) is 16. The molecule has 0 amide bonds. The number of nitrogens with two attached hydrogens (primary N) is 1. The van der Waals surface area contributed by atoms with Gasteiger partial charge in [0.15, 0.2) is 6.10 Å². The third-order valence-corrected chi connectivity index (χ3v) is 6.23. The van der Waals surface area contributed by atoms with Crippen LogP contribution in [-0.2, 0) is 28.7 Å². The summed E-state index contributed by atoms with van der Waals surface area (Å²) in [5, 5.41) is 18.6. The SMILES string of the molecule is COc1cc(OC)c2c(=O)[nH]c(-c3cc(C)c(OCCOC(=O)CC(N)C(=O)OCC(CO[N+](=O)[O-])O[N+](=O)[O-])c(C)c3)nc2c1.Cl. The van der Waals surface area contributed by atoms with Crippen molar-refractivity contribution in [2.75, 3.05) is 40.6 Å². The number of nitrogens with zero attached hydrogens (tertiary/aromatic N) is 3. The van der Waals surface area contributed by atoms with Crippen LogP contribution in [0.15, 0.2) is 29.1 Å². The first-order chi connectivity index (χ1) is 21.8. The highest BCUT2D eigenvalue weighted by Crippen LogP contribution is 2.31. The second kappa shape index (κ2) is 17.3. The molecule has 19 nitrogen and oxygen atoms in total. The highest BCUT2D eigenvalue weighted by atomic mass is 35.5. The fraction of sp³-hybridized carbons (Fsp3) is 0.407. The Labute approximate surface area is 271 Å². The minimum atomic E-state index is -1.60. The molecular formula is C27H32ClN5O14. The molecule has 3 N–H and O–H groups in total. The number of hydrogen-bond donors (Lipinski definition) is 2. The number of carbonyl (C=O) groups excluding carboxylic acids is 2. The van der Waals surface area contributed by atoms with Crippen LogP contribution in [0.3, 0.4) is 0 Å². The van der Waals surface area contributed by atoms with E-state index < -0.39 is 53.9 Å². The number of rotatable bonds is 17. The van der Waals surface area contributed by atoms with Crippen LogP contribution in [0.25, 0.3) is 22.3 Å². The van der Waals surface area contributed by atoms with Crippen molar-refractivity contribution in [1.82, 2.24) is 9.97 Å². The third-order valence-electron chi connectivity index (χ3n) is 6.23. The molecule has 2 atom stereocenters. The van der Waals surface area contributed by atoms with Gasteiger partial charge in [0.25, 0.3) is 15.7 Å². The number of aryl methyl sites for hydroxylation is 2. The summed E-state index contributed by atoms with van der Waals surface area (Å²) >= 11 is 0. The lowest BCUT2D eigenvalue weighted by molar-refractivity contribution is -0.790. The number of fused-ring (bicyclic) bond motifs is 1. The van der Waals surface area contributed by atoms with Gasteiger partial charge < -0.3 is 44.1 Å². The lowest BCUT2D eigenvalue weighted by Crippen LogP contribution is -2.38. The van der Waals surface area contributed by atoms with Crippen LogP contribution in [-0.4, -0.2) is 84.9 Å². The van der Waals surface area contributed by atoms with Crippen molar-refractivity contribution in [3.05, 3.63) is 66.0 Å². The van der Waals surface area contributed by atoms with E-state index in [0.717, 1.165) is 0 Å². The molecule has 1 aromatic heterocycles. The van der Waals surface area contributed by atoms with Crippen LogP contribution < -0.4 is 25.5 Å². The maximum atomic E-state index is 12.9. The van der Waals surface area contributed by atoms with Crippen molar-refractivity contribution in [3.63, 3.8) is 0 Å². The van der Waals surface area contributed by atoms with Crippen LogP contribution in [0.2, 0.25) is 0 Å².